The molecule has 294 valence electrons. The van der Waals surface area contributed by atoms with Gasteiger partial charge in [-0.1, -0.05) is 66.7 Å². The van der Waals surface area contributed by atoms with Crippen LogP contribution in [0.2, 0.25) is 0 Å². The Labute approximate surface area is 333 Å². The number of aryl methyl sites for hydroxylation is 2. The molecule has 0 bridgehead atoms. The topological polar surface area (TPSA) is 100 Å². The van der Waals surface area contributed by atoms with Gasteiger partial charge in [-0.05, 0) is 61.0 Å². The zero-order valence-corrected chi connectivity index (χ0v) is 32.9. The summed E-state index contributed by atoms with van der Waals surface area (Å²) in [5, 5.41) is 8.20. The molecule has 4 aromatic carbocycles. The molecule has 0 atom stereocenters. The van der Waals surface area contributed by atoms with Gasteiger partial charge in [0.2, 0.25) is 5.91 Å². The van der Waals surface area contributed by atoms with E-state index in [9.17, 15) is 9.59 Å². The molecule has 0 radical (unpaired) electrons. The highest BCUT2D eigenvalue weighted by molar-refractivity contribution is 6.05. The van der Waals surface area contributed by atoms with Crippen LogP contribution in [0.4, 0.5) is 5.69 Å². The second-order valence-corrected chi connectivity index (χ2v) is 14.4. The number of benzene rings is 4. The van der Waals surface area contributed by atoms with Crippen molar-refractivity contribution < 1.29 is 28.5 Å². The zero-order valence-electron chi connectivity index (χ0n) is 32.9. The average molecular weight is 768 g/mol. The van der Waals surface area contributed by atoms with Crippen molar-refractivity contribution in [3.63, 3.8) is 0 Å². The highest BCUT2D eigenvalue weighted by Gasteiger charge is 2.29. The first-order valence-corrected chi connectivity index (χ1v) is 19.8. The lowest BCUT2D eigenvalue weighted by Crippen LogP contribution is -2.48. The molecule has 0 saturated carbocycles. The molecule has 2 aliphatic heterocycles. The summed E-state index contributed by atoms with van der Waals surface area (Å²) in [7, 11) is 1.94. The van der Waals surface area contributed by atoms with Gasteiger partial charge in [0.05, 0.1) is 37.6 Å². The number of allylic oxidation sites excluding steroid dienone is 1. The largest absolute Gasteiger partial charge is 0.493 e. The van der Waals surface area contributed by atoms with Crippen LogP contribution >= 0.6 is 0 Å². The number of aromatic nitrogens is 3. The highest BCUT2D eigenvalue weighted by atomic mass is 16.5. The number of piperazine rings is 1. The quantitative estimate of drug-likeness (QED) is 0.0751. The molecule has 11 heteroatoms. The van der Waals surface area contributed by atoms with Crippen molar-refractivity contribution in [1.29, 1.82) is 0 Å². The van der Waals surface area contributed by atoms with E-state index in [0.717, 1.165) is 93.1 Å². The number of nitrogens with zero attached hydrogens (tertiary/aromatic N) is 5. The van der Waals surface area contributed by atoms with E-state index < -0.39 is 0 Å². The van der Waals surface area contributed by atoms with Crippen LogP contribution in [0.25, 0.3) is 32.8 Å². The van der Waals surface area contributed by atoms with E-state index in [4.69, 9.17) is 24.0 Å². The first kappa shape index (κ1) is 37.8. The van der Waals surface area contributed by atoms with Gasteiger partial charge < -0.3 is 33.3 Å². The van der Waals surface area contributed by atoms with Crippen LogP contribution in [0.5, 0.6) is 11.5 Å². The third-order valence-corrected chi connectivity index (χ3v) is 11.0. The van der Waals surface area contributed by atoms with E-state index in [1.807, 2.05) is 66.0 Å². The van der Waals surface area contributed by atoms with E-state index in [2.05, 4.69) is 64.1 Å². The van der Waals surface area contributed by atoms with Crippen LogP contribution < -0.4 is 14.4 Å². The van der Waals surface area contributed by atoms with E-state index in [0.29, 0.717) is 44.9 Å². The van der Waals surface area contributed by atoms with Crippen molar-refractivity contribution in [3.8, 4) is 22.6 Å². The number of para-hydroxylation sites is 1. The number of fused-ring (bicyclic) bond motifs is 3. The standard InChI is InChI=1S/C46H49N5O6/c1-4-55-46(53)45-38(17-11-29-56-42-18-9-13-33-12-5-6-14-36(33)42)37-15-10-16-39-43-40(47-48(3)41(43)31-54-28-8-7-23-51(45)44(37)39)30-57-35-21-19-34(20-22-35)50-26-24-49(25-27-50)32(2)52/h5-10,12-16,18-22H,4,11,17,23-31H2,1-3H3/b8-7-. The molecule has 1 saturated heterocycles. The summed E-state index contributed by atoms with van der Waals surface area (Å²) in [4.78, 5) is 29.9. The minimum Gasteiger partial charge on any atom is -0.493 e. The molecule has 1 amide bonds. The lowest BCUT2D eigenvalue weighted by Gasteiger charge is -2.35. The number of hydrogen-bond acceptors (Lipinski definition) is 8. The predicted octanol–water partition coefficient (Wildman–Crippen LogP) is 7.72. The second kappa shape index (κ2) is 17.0. The number of amides is 1. The number of esters is 1. The molecule has 0 spiro atoms. The summed E-state index contributed by atoms with van der Waals surface area (Å²) in [6, 6.07) is 28.7. The number of carbonyl (C=O) groups is 2. The maximum absolute atomic E-state index is 13.9. The first-order chi connectivity index (χ1) is 27.9. The van der Waals surface area contributed by atoms with Gasteiger partial charge in [-0.15, -0.1) is 0 Å². The van der Waals surface area contributed by atoms with E-state index in [-0.39, 0.29) is 25.1 Å². The van der Waals surface area contributed by atoms with E-state index >= 15 is 0 Å². The van der Waals surface area contributed by atoms with Crippen LogP contribution in [0.15, 0.2) is 97.1 Å². The van der Waals surface area contributed by atoms with Gasteiger partial charge in [0.1, 0.15) is 29.5 Å². The van der Waals surface area contributed by atoms with Crippen molar-refractivity contribution in [3.05, 3.63) is 120 Å². The monoisotopic (exact) mass is 767 g/mol. The molecule has 2 aromatic heterocycles. The lowest BCUT2D eigenvalue weighted by molar-refractivity contribution is -0.129. The van der Waals surface area contributed by atoms with Gasteiger partial charge in [0, 0.05) is 74.3 Å². The number of hydrogen-bond donors (Lipinski definition) is 0. The lowest BCUT2D eigenvalue weighted by atomic mass is 9.98. The van der Waals surface area contributed by atoms with E-state index in [1.165, 1.54) is 0 Å². The molecule has 8 rings (SSSR count). The molecule has 4 heterocycles. The summed E-state index contributed by atoms with van der Waals surface area (Å²) >= 11 is 0. The third-order valence-electron chi connectivity index (χ3n) is 11.0. The van der Waals surface area contributed by atoms with Crippen molar-refractivity contribution in [2.24, 2.45) is 7.05 Å². The Bertz CT molecular complexity index is 2420. The zero-order chi connectivity index (χ0) is 39.3. The van der Waals surface area contributed by atoms with Gasteiger partial charge in [-0.2, -0.15) is 5.10 Å². The predicted molar refractivity (Wildman–Crippen MR) is 222 cm³/mol. The number of anilines is 1. The molecule has 0 aliphatic carbocycles. The second-order valence-electron chi connectivity index (χ2n) is 14.4. The summed E-state index contributed by atoms with van der Waals surface area (Å²) < 4.78 is 28.6. The summed E-state index contributed by atoms with van der Waals surface area (Å²) in [6.45, 7) is 8.73. The van der Waals surface area contributed by atoms with Crippen molar-refractivity contribution in [2.45, 2.75) is 46.4 Å². The summed E-state index contributed by atoms with van der Waals surface area (Å²) in [5.74, 6) is 1.36. The number of ether oxygens (including phenoxy) is 4. The summed E-state index contributed by atoms with van der Waals surface area (Å²) in [5.41, 5.74) is 7.13. The highest BCUT2D eigenvalue weighted by Crippen LogP contribution is 2.39. The Balaban J connectivity index is 1.11. The number of rotatable bonds is 11. The van der Waals surface area contributed by atoms with Gasteiger partial charge in [-0.3, -0.25) is 9.48 Å². The smallest absolute Gasteiger partial charge is 0.355 e. The third kappa shape index (κ3) is 7.84. The Hall–Kier alpha value is -6.07. The van der Waals surface area contributed by atoms with Crippen LogP contribution in [0.1, 0.15) is 47.7 Å². The summed E-state index contributed by atoms with van der Waals surface area (Å²) in [6.07, 6.45) is 5.38. The van der Waals surface area contributed by atoms with Crippen LogP contribution in [0, 0.1) is 0 Å². The van der Waals surface area contributed by atoms with Crippen LogP contribution in [0.3, 0.4) is 0 Å². The Kier molecular flexibility index (Phi) is 11.3. The molecule has 2 aliphatic rings. The fourth-order valence-corrected chi connectivity index (χ4v) is 8.16. The van der Waals surface area contributed by atoms with Gasteiger partial charge in [0.15, 0.2) is 0 Å². The molecule has 57 heavy (non-hydrogen) atoms. The molecule has 11 nitrogen and oxygen atoms in total. The molecule has 0 N–H and O–H groups in total. The number of carbonyl (C=O) groups excluding carboxylic acids is 2. The molecule has 1 fully saturated rings. The Morgan fingerprint density at radius 3 is 2.44 bits per heavy atom. The van der Waals surface area contributed by atoms with Crippen LogP contribution in [-0.2, 0) is 47.5 Å². The van der Waals surface area contributed by atoms with Crippen molar-refractivity contribution in [1.82, 2.24) is 19.2 Å². The maximum Gasteiger partial charge on any atom is 0.355 e. The van der Waals surface area contributed by atoms with E-state index in [1.54, 1.807) is 6.92 Å². The fourth-order valence-electron chi connectivity index (χ4n) is 8.16. The van der Waals surface area contributed by atoms with Crippen molar-refractivity contribution in [2.75, 3.05) is 50.9 Å². The SMILES string of the molecule is CCOC(=O)c1c(CCCOc2cccc3ccccc23)c2cccc3c2n1C/C=C\COCc1c-3c(COc2ccc(N3CCN(C(C)=O)CC3)cc2)nn1C. The Morgan fingerprint density at radius 1 is 0.860 bits per heavy atom. The average Bonchev–Trinajstić information content (AvgIpc) is 3.71. The normalized spacial score (nSPS) is 14.9. The van der Waals surface area contributed by atoms with Gasteiger partial charge >= 0.3 is 5.97 Å². The molecular weight excluding hydrogens is 719 g/mol. The van der Waals surface area contributed by atoms with Gasteiger partial charge in [0.25, 0.3) is 0 Å². The molecule has 0 unspecified atom stereocenters. The van der Waals surface area contributed by atoms with Crippen LogP contribution in [-0.4, -0.2) is 77.1 Å². The Morgan fingerprint density at radius 2 is 1.63 bits per heavy atom. The molecular formula is C46H49N5O6. The minimum atomic E-state index is -0.344. The van der Waals surface area contributed by atoms with Crippen molar-refractivity contribution >= 4 is 39.2 Å². The maximum atomic E-state index is 13.9. The first-order valence-electron chi connectivity index (χ1n) is 19.8. The molecule has 6 aromatic rings. The van der Waals surface area contributed by atoms with Gasteiger partial charge in [-0.25, -0.2) is 4.79 Å². The minimum absolute atomic E-state index is 0.120. The fraction of sp³-hybridized carbons (Fsp3) is 0.326.